The number of amides is 1. The van der Waals surface area contributed by atoms with Crippen molar-refractivity contribution >= 4 is 27.8 Å². The molecule has 0 aliphatic heterocycles. The van der Waals surface area contributed by atoms with Crippen LogP contribution in [0.1, 0.15) is 39.8 Å². The van der Waals surface area contributed by atoms with E-state index >= 15 is 0 Å². The molecule has 8 nitrogen and oxygen atoms in total. The second-order valence-corrected chi connectivity index (χ2v) is 9.67. The number of allylic oxidation sites excluding steroid dienone is 1. The van der Waals surface area contributed by atoms with Gasteiger partial charge in [0.2, 0.25) is 15.8 Å². The Morgan fingerprint density at radius 1 is 1.15 bits per heavy atom. The lowest BCUT2D eigenvalue weighted by Gasteiger charge is -2.12. The second-order valence-electron chi connectivity index (χ2n) is 7.93. The van der Waals surface area contributed by atoms with Crippen LogP contribution in [-0.2, 0) is 32.7 Å². The van der Waals surface area contributed by atoms with Gasteiger partial charge in [0.05, 0.1) is 24.3 Å². The molecule has 2 heterocycles. The molecule has 9 heteroatoms. The molecule has 0 fully saturated rings. The van der Waals surface area contributed by atoms with E-state index in [4.69, 9.17) is 4.74 Å². The Morgan fingerprint density at radius 2 is 1.88 bits per heavy atom. The molecule has 0 radical (unpaired) electrons. The summed E-state index contributed by atoms with van der Waals surface area (Å²) in [4.78, 5) is 28.9. The number of sulfonamides is 1. The van der Waals surface area contributed by atoms with Gasteiger partial charge in [0.1, 0.15) is 6.10 Å². The molecule has 3 aromatic rings. The van der Waals surface area contributed by atoms with E-state index in [1.165, 1.54) is 6.92 Å². The van der Waals surface area contributed by atoms with Crippen molar-refractivity contribution in [3.63, 3.8) is 0 Å². The van der Waals surface area contributed by atoms with Crippen LogP contribution in [0, 0.1) is 6.92 Å². The van der Waals surface area contributed by atoms with Crippen molar-refractivity contribution in [2.45, 2.75) is 33.1 Å². The predicted octanol–water partition coefficient (Wildman–Crippen LogP) is 3.12. The van der Waals surface area contributed by atoms with Crippen molar-refractivity contribution in [1.82, 2.24) is 14.3 Å². The fourth-order valence-corrected chi connectivity index (χ4v) is 3.63. The van der Waals surface area contributed by atoms with E-state index in [1.807, 2.05) is 77.0 Å². The molecule has 0 aliphatic carbocycles. The van der Waals surface area contributed by atoms with Crippen LogP contribution >= 0.6 is 0 Å². The highest BCUT2D eigenvalue weighted by atomic mass is 32.2. The molecular formula is C25H27N3O5S. The average molecular weight is 482 g/mol. The number of carbonyl (C=O) groups is 2. The molecule has 1 aromatic carbocycles. The van der Waals surface area contributed by atoms with Crippen LogP contribution in [0.15, 0.2) is 67.0 Å². The van der Waals surface area contributed by atoms with Gasteiger partial charge in [-0.2, -0.15) is 0 Å². The number of rotatable bonds is 10. The highest BCUT2D eigenvalue weighted by molar-refractivity contribution is 7.89. The van der Waals surface area contributed by atoms with E-state index in [0.29, 0.717) is 17.8 Å². The Balaban J connectivity index is 1.55. The zero-order valence-electron chi connectivity index (χ0n) is 19.3. The SMILES string of the molecule is Cc1ccc(C(=O)c2cccn2C/C=C/c2ccc(CO[C@@H](C)C(=O)NS(C)(=O)=O)cn2)cc1. The number of aryl methyl sites for hydroxylation is 1. The number of nitrogens with zero attached hydrogens (tertiary/aromatic N) is 2. The lowest BCUT2D eigenvalue weighted by Crippen LogP contribution is -2.37. The van der Waals surface area contributed by atoms with Gasteiger partial charge < -0.3 is 9.30 Å². The lowest BCUT2D eigenvalue weighted by atomic mass is 10.1. The van der Waals surface area contributed by atoms with Crippen LogP contribution in [0.5, 0.6) is 0 Å². The molecule has 0 bridgehead atoms. The lowest BCUT2D eigenvalue weighted by molar-refractivity contribution is -0.130. The Hall–Kier alpha value is -3.56. The van der Waals surface area contributed by atoms with Crippen molar-refractivity contribution in [2.24, 2.45) is 0 Å². The Bertz CT molecular complexity index is 1280. The number of carbonyl (C=O) groups excluding carboxylic acids is 2. The topological polar surface area (TPSA) is 107 Å². The predicted molar refractivity (Wildman–Crippen MR) is 130 cm³/mol. The Labute approximate surface area is 199 Å². The van der Waals surface area contributed by atoms with Gasteiger partial charge in [-0.15, -0.1) is 0 Å². The van der Waals surface area contributed by atoms with Crippen LogP contribution < -0.4 is 4.72 Å². The smallest absolute Gasteiger partial charge is 0.262 e. The highest BCUT2D eigenvalue weighted by Crippen LogP contribution is 2.13. The minimum Gasteiger partial charge on any atom is -0.364 e. The summed E-state index contributed by atoms with van der Waals surface area (Å²) in [5.74, 6) is -0.749. The second kappa shape index (κ2) is 11.0. The third-order valence-corrected chi connectivity index (χ3v) is 5.54. The summed E-state index contributed by atoms with van der Waals surface area (Å²) in [6.07, 6.45) is 7.25. The maximum atomic E-state index is 12.8. The fraction of sp³-hybridized carbons (Fsp3) is 0.240. The number of aromatic nitrogens is 2. The molecule has 1 amide bonds. The minimum atomic E-state index is -3.63. The highest BCUT2D eigenvalue weighted by Gasteiger charge is 2.17. The standard InChI is InChI=1S/C25H27N3O5S/c1-18-8-11-21(12-9-18)24(29)23-7-5-15-28(23)14-4-6-22-13-10-20(16-26-22)17-33-19(2)25(30)27-34(3,31)32/h4-13,15-16,19H,14,17H2,1-3H3,(H,27,30)/b6-4+/t19-/m0/s1. The van der Waals surface area contributed by atoms with Crippen LogP contribution in [0.4, 0.5) is 0 Å². The quantitative estimate of drug-likeness (QED) is 0.446. The number of pyridine rings is 1. The normalized spacial score (nSPS) is 12.6. The first-order valence-corrected chi connectivity index (χ1v) is 12.5. The fourth-order valence-electron chi connectivity index (χ4n) is 3.10. The van der Waals surface area contributed by atoms with E-state index in [1.54, 1.807) is 12.3 Å². The molecule has 0 saturated heterocycles. The number of ketones is 1. The first-order chi connectivity index (χ1) is 16.1. The molecule has 178 valence electrons. The molecule has 3 rings (SSSR count). The molecule has 0 aliphatic rings. The number of benzene rings is 1. The van der Waals surface area contributed by atoms with E-state index in [0.717, 1.165) is 23.1 Å². The van der Waals surface area contributed by atoms with Crippen LogP contribution in [0.3, 0.4) is 0 Å². The van der Waals surface area contributed by atoms with Crippen molar-refractivity contribution in [3.05, 3.63) is 95.1 Å². The summed E-state index contributed by atoms with van der Waals surface area (Å²) in [7, 11) is -3.63. The van der Waals surface area contributed by atoms with Crippen LogP contribution in [0.25, 0.3) is 6.08 Å². The van der Waals surface area contributed by atoms with Gasteiger partial charge in [-0.1, -0.05) is 42.0 Å². The van der Waals surface area contributed by atoms with Gasteiger partial charge in [-0.3, -0.25) is 19.3 Å². The molecule has 1 atom stereocenters. The molecule has 0 unspecified atom stereocenters. The van der Waals surface area contributed by atoms with Crippen molar-refractivity contribution in [2.75, 3.05) is 6.26 Å². The van der Waals surface area contributed by atoms with Crippen molar-refractivity contribution < 1.29 is 22.7 Å². The van der Waals surface area contributed by atoms with Gasteiger partial charge in [0.15, 0.2) is 0 Å². The summed E-state index contributed by atoms with van der Waals surface area (Å²) in [5.41, 5.74) is 3.84. The van der Waals surface area contributed by atoms with E-state index in [-0.39, 0.29) is 12.4 Å². The number of hydrogen-bond acceptors (Lipinski definition) is 6. The average Bonchev–Trinajstić information content (AvgIpc) is 3.25. The van der Waals surface area contributed by atoms with E-state index in [2.05, 4.69) is 4.98 Å². The molecular weight excluding hydrogens is 454 g/mol. The van der Waals surface area contributed by atoms with Crippen molar-refractivity contribution in [3.8, 4) is 0 Å². The first kappa shape index (κ1) is 25.1. The molecule has 2 aromatic heterocycles. The largest absolute Gasteiger partial charge is 0.364 e. The Morgan fingerprint density at radius 3 is 2.53 bits per heavy atom. The number of nitrogens with one attached hydrogen (secondary N) is 1. The molecule has 1 N–H and O–H groups in total. The zero-order valence-corrected chi connectivity index (χ0v) is 20.1. The van der Waals surface area contributed by atoms with Gasteiger partial charge in [-0.25, -0.2) is 8.42 Å². The summed E-state index contributed by atoms with van der Waals surface area (Å²) in [6.45, 7) is 4.09. The number of ether oxygens (including phenoxy) is 1. The van der Waals surface area contributed by atoms with Gasteiger partial charge >= 0.3 is 0 Å². The first-order valence-electron chi connectivity index (χ1n) is 10.6. The third-order valence-electron chi connectivity index (χ3n) is 4.97. The Kier molecular flexibility index (Phi) is 8.14. The maximum absolute atomic E-state index is 12.8. The van der Waals surface area contributed by atoms with Gasteiger partial charge in [0.25, 0.3) is 5.91 Å². The summed E-state index contributed by atoms with van der Waals surface area (Å²) >= 11 is 0. The van der Waals surface area contributed by atoms with Gasteiger partial charge in [-0.05, 0) is 43.7 Å². The summed E-state index contributed by atoms with van der Waals surface area (Å²) in [5, 5.41) is 0. The summed E-state index contributed by atoms with van der Waals surface area (Å²) < 4.78 is 31.4. The van der Waals surface area contributed by atoms with Crippen molar-refractivity contribution in [1.29, 1.82) is 0 Å². The zero-order chi connectivity index (χ0) is 24.7. The van der Waals surface area contributed by atoms with E-state index < -0.39 is 22.0 Å². The van der Waals surface area contributed by atoms with Crippen LogP contribution in [-0.4, -0.2) is 42.0 Å². The van der Waals surface area contributed by atoms with Crippen LogP contribution in [0.2, 0.25) is 0 Å². The molecule has 0 saturated carbocycles. The third kappa shape index (κ3) is 7.23. The summed E-state index contributed by atoms with van der Waals surface area (Å²) in [6, 6.07) is 14.8. The molecule has 34 heavy (non-hydrogen) atoms. The monoisotopic (exact) mass is 481 g/mol. The maximum Gasteiger partial charge on any atom is 0.262 e. The minimum absolute atomic E-state index is 0.0275. The molecule has 0 spiro atoms. The van der Waals surface area contributed by atoms with E-state index in [9.17, 15) is 18.0 Å². The van der Waals surface area contributed by atoms with Gasteiger partial charge in [0, 0.05) is 24.5 Å². The number of hydrogen-bond donors (Lipinski definition) is 1.